The van der Waals surface area contributed by atoms with Crippen LogP contribution in [0.15, 0.2) is 36.4 Å². The number of hydrogen-bond donors (Lipinski definition) is 2. The summed E-state index contributed by atoms with van der Waals surface area (Å²) in [6, 6.07) is 11.0. The van der Waals surface area contributed by atoms with Crippen LogP contribution in [0.25, 0.3) is 0 Å². The zero-order valence-electron chi connectivity index (χ0n) is 15.1. The number of nitrogen functional groups attached to an aromatic ring is 1. The molecule has 0 spiro atoms. The molecule has 26 heavy (non-hydrogen) atoms. The van der Waals surface area contributed by atoms with Crippen molar-refractivity contribution < 1.29 is 9.53 Å². The Morgan fingerprint density at radius 3 is 2.69 bits per heavy atom. The molecule has 0 radical (unpaired) electrons. The van der Waals surface area contributed by atoms with Crippen LogP contribution >= 0.6 is 11.6 Å². The zero-order chi connectivity index (χ0) is 18.7. The van der Waals surface area contributed by atoms with E-state index < -0.39 is 0 Å². The van der Waals surface area contributed by atoms with Crippen LogP contribution in [0.5, 0.6) is 5.75 Å². The SMILES string of the molecule is COc1cc(N)c(Cl)cc1C(=O)Nc1cccc(N2CCC(C)CC2)c1. The highest BCUT2D eigenvalue weighted by molar-refractivity contribution is 6.33. The number of nitrogens with two attached hydrogens (primary N) is 1. The zero-order valence-corrected chi connectivity index (χ0v) is 15.8. The van der Waals surface area contributed by atoms with Gasteiger partial charge in [0.1, 0.15) is 5.75 Å². The molecule has 1 fully saturated rings. The lowest BCUT2D eigenvalue weighted by atomic mass is 9.99. The first-order chi connectivity index (χ1) is 12.5. The van der Waals surface area contributed by atoms with Crippen molar-refractivity contribution in [1.82, 2.24) is 0 Å². The van der Waals surface area contributed by atoms with Crippen LogP contribution < -0.4 is 20.7 Å². The van der Waals surface area contributed by atoms with E-state index in [9.17, 15) is 4.79 Å². The van der Waals surface area contributed by atoms with Crippen molar-refractivity contribution >= 4 is 34.6 Å². The lowest BCUT2D eigenvalue weighted by molar-refractivity contribution is 0.102. The van der Waals surface area contributed by atoms with E-state index in [1.54, 1.807) is 6.07 Å². The Labute approximate surface area is 159 Å². The third-order valence-electron chi connectivity index (χ3n) is 4.82. The molecule has 0 aromatic heterocycles. The lowest BCUT2D eigenvalue weighted by Crippen LogP contribution is -2.32. The molecule has 1 aliphatic heterocycles. The first kappa shape index (κ1) is 18.4. The Morgan fingerprint density at radius 2 is 2.00 bits per heavy atom. The van der Waals surface area contributed by atoms with Gasteiger partial charge in [0.15, 0.2) is 0 Å². The molecule has 2 aromatic carbocycles. The smallest absolute Gasteiger partial charge is 0.259 e. The van der Waals surface area contributed by atoms with E-state index >= 15 is 0 Å². The van der Waals surface area contributed by atoms with E-state index in [-0.39, 0.29) is 5.91 Å². The maximum Gasteiger partial charge on any atom is 0.259 e. The van der Waals surface area contributed by atoms with Crippen molar-refractivity contribution in [3.05, 3.63) is 47.0 Å². The minimum Gasteiger partial charge on any atom is -0.496 e. The van der Waals surface area contributed by atoms with Crippen molar-refractivity contribution in [1.29, 1.82) is 0 Å². The second-order valence-corrected chi connectivity index (χ2v) is 7.16. The third kappa shape index (κ3) is 4.05. The molecule has 3 N–H and O–H groups in total. The van der Waals surface area contributed by atoms with Crippen molar-refractivity contribution in [2.24, 2.45) is 5.92 Å². The fourth-order valence-electron chi connectivity index (χ4n) is 3.16. The van der Waals surface area contributed by atoms with E-state index in [4.69, 9.17) is 22.1 Å². The van der Waals surface area contributed by atoms with Crippen molar-refractivity contribution in [2.45, 2.75) is 19.8 Å². The summed E-state index contributed by atoms with van der Waals surface area (Å²) in [6.45, 7) is 4.37. The summed E-state index contributed by atoms with van der Waals surface area (Å²) in [5.41, 5.74) is 8.37. The molecule has 6 heteroatoms. The topological polar surface area (TPSA) is 67.6 Å². The van der Waals surface area contributed by atoms with Crippen LogP contribution in [0, 0.1) is 5.92 Å². The summed E-state index contributed by atoms with van der Waals surface area (Å²) in [4.78, 5) is 15.0. The van der Waals surface area contributed by atoms with Crippen LogP contribution in [0.3, 0.4) is 0 Å². The molecular weight excluding hydrogens is 350 g/mol. The summed E-state index contributed by atoms with van der Waals surface area (Å²) in [5.74, 6) is 0.885. The van der Waals surface area contributed by atoms with Gasteiger partial charge in [-0.3, -0.25) is 4.79 Å². The number of ether oxygens (including phenoxy) is 1. The molecule has 0 bridgehead atoms. The Bertz CT molecular complexity index is 802. The van der Waals surface area contributed by atoms with Gasteiger partial charge in [0.2, 0.25) is 0 Å². The highest BCUT2D eigenvalue weighted by atomic mass is 35.5. The van der Waals surface area contributed by atoms with Gasteiger partial charge in [0, 0.05) is 30.5 Å². The van der Waals surface area contributed by atoms with Crippen molar-refractivity contribution in [3.8, 4) is 5.75 Å². The maximum atomic E-state index is 12.7. The maximum absolute atomic E-state index is 12.7. The third-order valence-corrected chi connectivity index (χ3v) is 5.14. The van der Waals surface area contributed by atoms with E-state index in [0.717, 1.165) is 30.4 Å². The van der Waals surface area contributed by atoms with E-state index in [2.05, 4.69) is 23.2 Å². The average molecular weight is 374 g/mol. The predicted molar refractivity (Wildman–Crippen MR) is 107 cm³/mol. The Balaban J connectivity index is 1.78. The Hall–Kier alpha value is -2.40. The van der Waals surface area contributed by atoms with Gasteiger partial charge in [-0.15, -0.1) is 0 Å². The first-order valence-electron chi connectivity index (χ1n) is 8.77. The van der Waals surface area contributed by atoms with Crippen molar-refractivity contribution in [3.63, 3.8) is 0 Å². The molecule has 0 unspecified atom stereocenters. The summed E-state index contributed by atoms with van der Waals surface area (Å²) >= 11 is 6.06. The largest absolute Gasteiger partial charge is 0.496 e. The lowest BCUT2D eigenvalue weighted by Gasteiger charge is -2.32. The van der Waals surface area contributed by atoms with Gasteiger partial charge in [0.25, 0.3) is 5.91 Å². The molecule has 138 valence electrons. The van der Waals surface area contributed by atoms with E-state index in [1.807, 2.05) is 18.2 Å². The van der Waals surface area contributed by atoms with Crippen LogP contribution in [-0.4, -0.2) is 26.1 Å². The molecule has 0 saturated carbocycles. The fourth-order valence-corrected chi connectivity index (χ4v) is 3.32. The number of hydrogen-bond acceptors (Lipinski definition) is 4. The molecule has 1 heterocycles. The van der Waals surface area contributed by atoms with Gasteiger partial charge >= 0.3 is 0 Å². The number of nitrogens with zero attached hydrogens (tertiary/aromatic N) is 1. The molecule has 0 aliphatic carbocycles. The summed E-state index contributed by atoms with van der Waals surface area (Å²) < 4.78 is 5.26. The van der Waals surface area contributed by atoms with E-state index in [0.29, 0.717) is 22.0 Å². The van der Waals surface area contributed by atoms with Crippen molar-refractivity contribution in [2.75, 3.05) is 36.1 Å². The average Bonchev–Trinajstić information content (AvgIpc) is 2.64. The molecule has 1 aliphatic rings. The molecular formula is C20H24ClN3O2. The van der Waals surface area contributed by atoms with Gasteiger partial charge in [0.05, 0.1) is 23.4 Å². The second kappa shape index (κ2) is 7.87. The summed E-state index contributed by atoms with van der Waals surface area (Å²) in [7, 11) is 1.50. The van der Waals surface area contributed by atoms with Gasteiger partial charge in [-0.2, -0.15) is 0 Å². The first-order valence-corrected chi connectivity index (χ1v) is 9.15. The van der Waals surface area contributed by atoms with Gasteiger partial charge in [-0.05, 0) is 43.0 Å². The van der Waals surface area contributed by atoms with Crippen LogP contribution in [0.4, 0.5) is 17.1 Å². The highest BCUT2D eigenvalue weighted by Crippen LogP contribution is 2.30. The molecule has 5 nitrogen and oxygen atoms in total. The number of rotatable bonds is 4. The number of halogens is 1. The number of methoxy groups -OCH3 is 1. The van der Waals surface area contributed by atoms with E-state index in [1.165, 1.54) is 26.0 Å². The van der Waals surface area contributed by atoms with Gasteiger partial charge in [-0.1, -0.05) is 24.6 Å². The predicted octanol–water partition coefficient (Wildman–Crippen LogP) is 4.42. The normalized spacial score (nSPS) is 15.0. The number of carbonyl (C=O) groups is 1. The summed E-state index contributed by atoms with van der Waals surface area (Å²) in [6.07, 6.45) is 2.38. The number of amides is 1. The van der Waals surface area contributed by atoms with Gasteiger partial charge < -0.3 is 20.7 Å². The van der Waals surface area contributed by atoms with Crippen LogP contribution in [-0.2, 0) is 0 Å². The molecule has 1 saturated heterocycles. The molecule has 0 atom stereocenters. The molecule has 1 amide bonds. The minimum atomic E-state index is -0.284. The number of carbonyl (C=O) groups excluding carboxylic acids is 1. The Kier molecular flexibility index (Phi) is 5.57. The number of anilines is 3. The standard InChI is InChI=1S/C20H24ClN3O2/c1-13-6-8-24(9-7-13)15-5-3-4-14(10-15)23-20(25)16-11-17(21)18(22)12-19(16)26-2/h3-5,10-13H,6-9,22H2,1-2H3,(H,23,25). The Morgan fingerprint density at radius 1 is 1.27 bits per heavy atom. The minimum absolute atomic E-state index is 0.284. The summed E-state index contributed by atoms with van der Waals surface area (Å²) in [5, 5.41) is 3.25. The van der Waals surface area contributed by atoms with Gasteiger partial charge in [-0.25, -0.2) is 0 Å². The van der Waals surface area contributed by atoms with Crippen LogP contribution in [0.1, 0.15) is 30.1 Å². The fraction of sp³-hybridized carbons (Fsp3) is 0.350. The number of piperidine rings is 1. The monoisotopic (exact) mass is 373 g/mol. The number of benzene rings is 2. The quantitative estimate of drug-likeness (QED) is 0.778. The second-order valence-electron chi connectivity index (χ2n) is 6.75. The molecule has 2 aromatic rings. The van der Waals surface area contributed by atoms with Crippen LogP contribution in [0.2, 0.25) is 5.02 Å². The molecule has 3 rings (SSSR count). The highest BCUT2D eigenvalue weighted by Gasteiger charge is 2.18. The number of nitrogens with one attached hydrogen (secondary N) is 1.